The fourth-order valence-corrected chi connectivity index (χ4v) is 2.53. The molecule has 18 heavy (non-hydrogen) atoms. The van der Waals surface area contributed by atoms with E-state index in [0.717, 1.165) is 10.0 Å². The molecule has 1 N–H and O–H groups in total. The third-order valence-corrected chi connectivity index (χ3v) is 3.57. The van der Waals surface area contributed by atoms with Gasteiger partial charge in [0.15, 0.2) is 11.5 Å². The molecule has 0 fully saturated rings. The van der Waals surface area contributed by atoms with Crippen LogP contribution in [0.15, 0.2) is 16.6 Å². The smallest absolute Gasteiger partial charge is 0.161 e. The van der Waals surface area contributed by atoms with Gasteiger partial charge in [-0.15, -0.1) is 0 Å². The van der Waals surface area contributed by atoms with Crippen LogP contribution < -0.4 is 9.47 Å². The number of benzene rings is 1. The van der Waals surface area contributed by atoms with E-state index >= 15 is 0 Å². The van der Waals surface area contributed by atoms with Crippen molar-refractivity contribution in [3.63, 3.8) is 0 Å². The van der Waals surface area contributed by atoms with Gasteiger partial charge in [0.25, 0.3) is 0 Å². The maximum Gasteiger partial charge on any atom is 0.161 e. The number of methoxy groups -OCH3 is 2. The number of hydrogen-bond donors (Lipinski definition) is 1. The lowest BCUT2D eigenvalue weighted by atomic mass is 10.0. The first-order valence-electron chi connectivity index (χ1n) is 5.73. The van der Waals surface area contributed by atoms with Crippen molar-refractivity contribution in [3.8, 4) is 11.5 Å². The summed E-state index contributed by atoms with van der Waals surface area (Å²) in [5.41, 5.74) is 1.08. The molecule has 1 rings (SSSR count). The van der Waals surface area contributed by atoms with Crippen LogP contribution in [-0.4, -0.2) is 44.9 Å². The Labute approximate surface area is 117 Å². The van der Waals surface area contributed by atoms with Crippen LogP contribution in [0.1, 0.15) is 18.0 Å². The predicted molar refractivity (Wildman–Crippen MR) is 75.4 cm³/mol. The molecule has 0 bridgehead atoms. The lowest BCUT2D eigenvalue weighted by Crippen LogP contribution is -2.21. The van der Waals surface area contributed by atoms with Crippen LogP contribution in [0.2, 0.25) is 0 Å². The molecule has 1 aromatic rings. The van der Waals surface area contributed by atoms with Gasteiger partial charge < -0.3 is 19.5 Å². The zero-order chi connectivity index (χ0) is 13.7. The van der Waals surface area contributed by atoms with Gasteiger partial charge >= 0.3 is 0 Å². The lowest BCUT2D eigenvalue weighted by Gasteiger charge is -2.26. The standard InChI is InChI=1S/C13H20BrNO3/c1-15(2)11(5-6-16)9-7-12(17-3)13(18-4)8-10(9)14/h7-8,11,16H,5-6H2,1-4H3. The molecular formula is C13H20BrNO3. The van der Waals surface area contributed by atoms with E-state index in [0.29, 0.717) is 17.9 Å². The van der Waals surface area contributed by atoms with Crippen LogP contribution >= 0.6 is 15.9 Å². The SMILES string of the molecule is COc1cc(Br)c(C(CCO)N(C)C)cc1OC. The highest BCUT2D eigenvalue weighted by atomic mass is 79.9. The average molecular weight is 318 g/mol. The Kier molecular flexibility index (Phi) is 5.91. The summed E-state index contributed by atoms with van der Waals surface area (Å²) < 4.78 is 11.5. The van der Waals surface area contributed by atoms with E-state index in [4.69, 9.17) is 14.6 Å². The summed E-state index contributed by atoms with van der Waals surface area (Å²) in [5, 5.41) is 9.17. The maximum atomic E-state index is 9.17. The van der Waals surface area contributed by atoms with Gasteiger partial charge in [0.2, 0.25) is 0 Å². The second-order valence-electron chi connectivity index (χ2n) is 4.22. The molecule has 0 aliphatic heterocycles. The largest absolute Gasteiger partial charge is 0.493 e. The lowest BCUT2D eigenvalue weighted by molar-refractivity contribution is 0.210. The zero-order valence-electron chi connectivity index (χ0n) is 11.2. The highest BCUT2D eigenvalue weighted by Crippen LogP contribution is 2.38. The van der Waals surface area contributed by atoms with E-state index in [1.807, 2.05) is 26.2 Å². The zero-order valence-corrected chi connectivity index (χ0v) is 12.8. The molecule has 0 saturated carbocycles. The number of nitrogens with zero attached hydrogens (tertiary/aromatic N) is 1. The van der Waals surface area contributed by atoms with E-state index in [1.54, 1.807) is 14.2 Å². The van der Waals surface area contributed by atoms with Crippen molar-refractivity contribution < 1.29 is 14.6 Å². The van der Waals surface area contributed by atoms with E-state index in [9.17, 15) is 0 Å². The van der Waals surface area contributed by atoms with Crippen molar-refractivity contribution in [2.24, 2.45) is 0 Å². The van der Waals surface area contributed by atoms with Gasteiger partial charge in [-0.1, -0.05) is 15.9 Å². The Bertz CT molecular complexity index is 396. The van der Waals surface area contributed by atoms with Crippen LogP contribution in [0.5, 0.6) is 11.5 Å². The van der Waals surface area contributed by atoms with Crippen LogP contribution in [0, 0.1) is 0 Å². The Morgan fingerprint density at radius 1 is 1.22 bits per heavy atom. The number of aliphatic hydroxyl groups excluding tert-OH is 1. The molecule has 102 valence electrons. The number of hydrogen-bond acceptors (Lipinski definition) is 4. The Morgan fingerprint density at radius 3 is 2.22 bits per heavy atom. The van der Waals surface area contributed by atoms with E-state index < -0.39 is 0 Å². The van der Waals surface area contributed by atoms with Gasteiger partial charge in [0, 0.05) is 17.1 Å². The first-order chi connectivity index (χ1) is 8.54. The Hall–Kier alpha value is -0.780. The van der Waals surface area contributed by atoms with E-state index in [2.05, 4.69) is 20.8 Å². The number of halogens is 1. The van der Waals surface area contributed by atoms with Gasteiger partial charge in [0.1, 0.15) is 0 Å². The molecular weight excluding hydrogens is 298 g/mol. The molecule has 1 atom stereocenters. The molecule has 0 saturated heterocycles. The van der Waals surface area contributed by atoms with Gasteiger partial charge in [-0.25, -0.2) is 0 Å². The molecule has 1 aromatic carbocycles. The average Bonchev–Trinajstić information content (AvgIpc) is 2.35. The summed E-state index contributed by atoms with van der Waals surface area (Å²) >= 11 is 3.55. The molecule has 0 amide bonds. The first-order valence-corrected chi connectivity index (χ1v) is 6.53. The summed E-state index contributed by atoms with van der Waals surface area (Å²) in [6.45, 7) is 0.142. The van der Waals surface area contributed by atoms with Gasteiger partial charge in [0.05, 0.1) is 14.2 Å². The normalized spacial score (nSPS) is 12.6. The van der Waals surface area contributed by atoms with Gasteiger partial charge in [-0.2, -0.15) is 0 Å². The molecule has 1 unspecified atom stereocenters. The fraction of sp³-hybridized carbons (Fsp3) is 0.538. The summed E-state index contributed by atoms with van der Waals surface area (Å²) in [6.07, 6.45) is 0.668. The second kappa shape index (κ2) is 6.97. The second-order valence-corrected chi connectivity index (χ2v) is 5.07. The van der Waals surface area contributed by atoms with Crippen molar-refractivity contribution in [2.45, 2.75) is 12.5 Å². The quantitative estimate of drug-likeness (QED) is 0.875. The van der Waals surface area contributed by atoms with Gasteiger partial charge in [-0.3, -0.25) is 0 Å². The third kappa shape index (κ3) is 3.37. The number of rotatable bonds is 6. The fourth-order valence-electron chi connectivity index (χ4n) is 1.94. The molecule has 0 radical (unpaired) electrons. The summed E-state index contributed by atoms with van der Waals surface area (Å²) in [5.74, 6) is 1.38. The molecule has 0 aliphatic carbocycles. The van der Waals surface area contributed by atoms with E-state index in [-0.39, 0.29) is 12.6 Å². The molecule has 0 spiro atoms. The summed E-state index contributed by atoms with van der Waals surface area (Å²) in [4.78, 5) is 2.07. The van der Waals surface area contributed by atoms with Crippen LogP contribution in [0.25, 0.3) is 0 Å². The Morgan fingerprint density at radius 2 is 1.78 bits per heavy atom. The topological polar surface area (TPSA) is 41.9 Å². The van der Waals surface area contributed by atoms with Crippen molar-refractivity contribution in [1.29, 1.82) is 0 Å². The molecule has 5 heteroatoms. The van der Waals surface area contributed by atoms with Crippen LogP contribution in [0.3, 0.4) is 0 Å². The number of ether oxygens (including phenoxy) is 2. The van der Waals surface area contributed by atoms with E-state index in [1.165, 1.54) is 0 Å². The summed E-state index contributed by atoms with van der Waals surface area (Å²) in [7, 11) is 7.21. The third-order valence-electron chi connectivity index (χ3n) is 2.89. The summed E-state index contributed by atoms with van der Waals surface area (Å²) in [6, 6.07) is 3.97. The highest BCUT2D eigenvalue weighted by molar-refractivity contribution is 9.10. The molecule has 0 aromatic heterocycles. The molecule has 0 aliphatic rings. The van der Waals surface area contributed by atoms with Crippen molar-refractivity contribution >= 4 is 15.9 Å². The van der Waals surface area contributed by atoms with Crippen molar-refractivity contribution in [2.75, 3.05) is 34.9 Å². The molecule has 0 heterocycles. The maximum absolute atomic E-state index is 9.17. The highest BCUT2D eigenvalue weighted by Gasteiger charge is 2.19. The van der Waals surface area contributed by atoms with Crippen molar-refractivity contribution in [1.82, 2.24) is 4.90 Å². The van der Waals surface area contributed by atoms with Crippen molar-refractivity contribution in [3.05, 3.63) is 22.2 Å². The van der Waals surface area contributed by atoms with Crippen LogP contribution in [-0.2, 0) is 0 Å². The molecule has 4 nitrogen and oxygen atoms in total. The van der Waals surface area contributed by atoms with Crippen LogP contribution in [0.4, 0.5) is 0 Å². The number of aliphatic hydroxyl groups is 1. The minimum Gasteiger partial charge on any atom is -0.493 e. The predicted octanol–water partition coefficient (Wildman–Crippen LogP) is 2.45. The minimum absolute atomic E-state index is 0.129. The van der Waals surface area contributed by atoms with Gasteiger partial charge in [-0.05, 0) is 38.2 Å². The minimum atomic E-state index is 0.129. The monoisotopic (exact) mass is 317 g/mol. The first kappa shape index (κ1) is 15.3. The Balaban J connectivity index is 3.21.